The number of fused-ring (bicyclic) bond motifs is 1. The predicted octanol–water partition coefficient (Wildman–Crippen LogP) is 2.90. The summed E-state index contributed by atoms with van der Waals surface area (Å²) in [6.07, 6.45) is 1.69. The molecule has 0 unspecified atom stereocenters. The normalized spacial score (nSPS) is 10.3. The van der Waals surface area contributed by atoms with Gasteiger partial charge >= 0.3 is 0 Å². The van der Waals surface area contributed by atoms with Crippen molar-refractivity contribution in [3.63, 3.8) is 0 Å². The quantitative estimate of drug-likeness (QED) is 0.695. The highest BCUT2D eigenvalue weighted by Crippen LogP contribution is 2.27. The van der Waals surface area contributed by atoms with E-state index in [-0.39, 0.29) is 0 Å². The second kappa shape index (κ2) is 3.23. The summed E-state index contributed by atoms with van der Waals surface area (Å²) in [5.74, 6) is 0.799. The number of nitrogens with zero attached hydrogens (tertiary/aromatic N) is 1. The Kier molecular flexibility index (Phi) is 2.07. The number of aromatic nitrogens is 1. The average molecular weight is 194 g/mol. The molecule has 2 aromatic rings. The zero-order valence-electron chi connectivity index (χ0n) is 7.12. The smallest absolute Gasteiger partial charge is 0.129 e. The topological polar surface area (TPSA) is 22.1 Å². The lowest BCUT2D eigenvalue weighted by Crippen LogP contribution is -1.86. The number of rotatable bonds is 1. The van der Waals surface area contributed by atoms with Crippen LogP contribution in [-0.4, -0.2) is 12.1 Å². The summed E-state index contributed by atoms with van der Waals surface area (Å²) in [6, 6.07) is 7.46. The van der Waals surface area contributed by atoms with E-state index in [1.54, 1.807) is 13.3 Å². The minimum absolute atomic E-state index is 0.649. The Morgan fingerprint density at radius 1 is 1.31 bits per heavy atom. The first-order valence-electron chi connectivity index (χ1n) is 3.90. The molecular formula is C10H8ClNO. The molecule has 0 radical (unpaired) electrons. The number of para-hydroxylation sites is 1. The molecule has 1 aromatic carbocycles. The summed E-state index contributed by atoms with van der Waals surface area (Å²) < 4.78 is 5.18. The largest absolute Gasteiger partial charge is 0.496 e. The van der Waals surface area contributed by atoms with Crippen molar-refractivity contribution in [1.82, 2.24) is 4.98 Å². The van der Waals surface area contributed by atoms with Crippen LogP contribution >= 0.6 is 11.6 Å². The highest BCUT2D eigenvalue weighted by atomic mass is 35.5. The third-order valence-electron chi connectivity index (χ3n) is 1.90. The van der Waals surface area contributed by atoms with Gasteiger partial charge in [0, 0.05) is 11.6 Å². The van der Waals surface area contributed by atoms with Crippen LogP contribution in [-0.2, 0) is 0 Å². The van der Waals surface area contributed by atoms with Crippen LogP contribution in [0.1, 0.15) is 0 Å². The van der Waals surface area contributed by atoms with Crippen LogP contribution in [0.3, 0.4) is 0 Å². The van der Waals surface area contributed by atoms with Gasteiger partial charge < -0.3 is 4.74 Å². The molecule has 1 heterocycles. The van der Waals surface area contributed by atoms with Crippen molar-refractivity contribution in [2.45, 2.75) is 0 Å². The summed E-state index contributed by atoms with van der Waals surface area (Å²) in [5.41, 5.74) is 0.781. The van der Waals surface area contributed by atoms with Gasteiger partial charge in [0.05, 0.1) is 17.6 Å². The molecule has 0 saturated carbocycles. The first kappa shape index (κ1) is 8.32. The molecule has 0 saturated heterocycles. The zero-order valence-corrected chi connectivity index (χ0v) is 7.88. The summed E-state index contributed by atoms with van der Waals surface area (Å²) in [4.78, 5) is 4.18. The molecule has 0 aliphatic heterocycles. The fourth-order valence-corrected chi connectivity index (χ4v) is 1.52. The lowest BCUT2D eigenvalue weighted by molar-refractivity contribution is 0.419. The van der Waals surface area contributed by atoms with E-state index in [0.29, 0.717) is 5.02 Å². The molecule has 2 rings (SSSR count). The van der Waals surface area contributed by atoms with Crippen LogP contribution in [0.4, 0.5) is 0 Å². The second-order valence-corrected chi connectivity index (χ2v) is 3.06. The highest BCUT2D eigenvalue weighted by molar-refractivity contribution is 6.35. The van der Waals surface area contributed by atoms with Gasteiger partial charge in [-0.25, -0.2) is 0 Å². The van der Waals surface area contributed by atoms with Crippen molar-refractivity contribution in [1.29, 1.82) is 0 Å². The van der Waals surface area contributed by atoms with E-state index in [4.69, 9.17) is 16.3 Å². The predicted molar refractivity (Wildman–Crippen MR) is 53.3 cm³/mol. The van der Waals surface area contributed by atoms with E-state index in [9.17, 15) is 0 Å². The Morgan fingerprint density at radius 3 is 2.92 bits per heavy atom. The summed E-state index contributed by atoms with van der Waals surface area (Å²) in [5, 5.41) is 1.59. The Morgan fingerprint density at radius 2 is 2.15 bits per heavy atom. The maximum Gasteiger partial charge on any atom is 0.129 e. The van der Waals surface area contributed by atoms with Crippen LogP contribution < -0.4 is 4.74 Å². The van der Waals surface area contributed by atoms with E-state index in [0.717, 1.165) is 16.7 Å². The van der Waals surface area contributed by atoms with Gasteiger partial charge in [0.2, 0.25) is 0 Å². The summed E-state index contributed by atoms with van der Waals surface area (Å²) in [6.45, 7) is 0. The molecule has 1 aromatic heterocycles. The van der Waals surface area contributed by atoms with Crippen LogP contribution in [0, 0.1) is 0 Å². The molecule has 3 heteroatoms. The van der Waals surface area contributed by atoms with Gasteiger partial charge in [-0.3, -0.25) is 4.98 Å². The maximum absolute atomic E-state index is 5.97. The summed E-state index contributed by atoms with van der Waals surface area (Å²) >= 11 is 5.97. The highest BCUT2D eigenvalue weighted by Gasteiger charge is 2.03. The molecule has 0 N–H and O–H groups in total. The van der Waals surface area contributed by atoms with E-state index >= 15 is 0 Å². The monoisotopic (exact) mass is 193 g/mol. The minimum Gasteiger partial charge on any atom is -0.496 e. The zero-order chi connectivity index (χ0) is 9.26. The number of pyridine rings is 1. The van der Waals surface area contributed by atoms with Gasteiger partial charge in [0.25, 0.3) is 0 Å². The first-order valence-corrected chi connectivity index (χ1v) is 4.28. The average Bonchev–Trinajstić information content (AvgIpc) is 2.18. The first-order chi connectivity index (χ1) is 6.33. The third kappa shape index (κ3) is 1.33. The molecule has 0 spiro atoms. The maximum atomic E-state index is 5.97. The molecule has 2 nitrogen and oxygen atoms in total. The molecule has 13 heavy (non-hydrogen) atoms. The molecule has 0 aliphatic carbocycles. The SMILES string of the molecule is COc1ccnc2c(Cl)cccc12. The van der Waals surface area contributed by atoms with Crippen molar-refractivity contribution in [3.05, 3.63) is 35.5 Å². The van der Waals surface area contributed by atoms with E-state index in [2.05, 4.69) is 4.98 Å². The van der Waals surface area contributed by atoms with Crippen molar-refractivity contribution < 1.29 is 4.74 Å². The molecular weight excluding hydrogens is 186 g/mol. The summed E-state index contributed by atoms with van der Waals surface area (Å²) in [7, 11) is 1.63. The van der Waals surface area contributed by atoms with E-state index in [1.165, 1.54) is 0 Å². The Bertz CT molecular complexity index is 442. The van der Waals surface area contributed by atoms with E-state index in [1.807, 2.05) is 24.3 Å². The van der Waals surface area contributed by atoms with E-state index < -0.39 is 0 Å². The number of ether oxygens (including phenoxy) is 1. The van der Waals surface area contributed by atoms with Crippen molar-refractivity contribution in [2.24, 2.45) is 0 Å². The molecule has 0 atom stereocenters. The lowest BCUT2D eigenvalue weighted by atomic mass is 10.2. The van der Waals surface area contributed by atoms with Crippen molar-refractivity contribution in [3.8, 4) is 5.75 Å². The third-order valence-corrected chi connectivity index (χ3v) is 2.21. The molecule has 66 valence electrons. The van der Waals surface area contributed by atoms with Gasteiger partial charge in [0.15, 0.2) is 0 Å². The lowest BCUT2D eigenvalue weighted by Gasteiger charge is -2.04. The fourth-order valence-electron chi connectivity index (χ4n) is 1.29. The number of methoxy groups -OCH3 is 1. The van der Waals surface area contributed by atoms with Crippen molar-refractivity contribution >= 4 is 22.5 Å². The fraction of sp³-hybridized carbons (Fsp3) is 0.100. The Hall–Kier alpha value is -1.28. The molecule has 0 aliphatic rings. The van der Waals surface area contributed by atoms with Gasteiger partial charge in [-0.2, -0.15) is 0 Å². The number of halogens is 1. The molecule has 0 fully saturated rings. The van der Waals surface area contributed by atoms with Gasteiger partial charge in [-0.1, -0.05) is 17.7 Å². The van der Waals surface area contributed by atoms with Crippen LogP contribution in [0.5, 0.6) is 5.75 Å². The number of hydrogen-bond acceptors (Lipinski definition) is 2. The number of benzene rings is 1. The van der Waals surface area contributed by atoms with Crippen molar-refractivity contribution in [2.75, 3.05) is 7.11 Å². The second-order valence-electron chi connectivity index (χ2n) is 2.65. The van der Waals surface area contributed by atoms with Gasteiger partial charge in [-0.05, 0) is 18.2 Å². The van der Waals surface area contributed by atoms with Gasteiger partial charge in [-0.15, -0.1) is 0 Å². The minimum atomic E-state index is 0.649. The standard InChI is InChI=1S/C10H8ClNO/c1-13-9-5-6-12-10-7(9)3-2-4-8(10)11/h2-6H,1H3. The molecule has 0 bridgehead atoms. The van der Waals surface area contributed by atoms with Crippen LogP contribution in [0.25, 0.3) is 10.9 Å². The van der Waals surface area contributed by atoms with Crippen LogP contribution in [0.2, 0.25) is 5.02 Å². The molecule has 0 amide bonds. The Labute approximate surface area is 81.1 Å². The van der Waals surface area contributed by atoms with Gasteiger partial charge in [0.1, 0.15) is 5.75 Å². The number of hydrogen-bond donors (Lipinski definition) is 0. The van der Waals surface area contributed by atoms with Crippen LogP contribution in [0.15, 0.2) is 30.5 Å². The Balaban J connectivity index is 2.84.